The van der Waals surface area contributed by atoms with Crippen LogP contribution >= 0.6 is 0 Å². The highest BCUT2D eigenvalue weighted by molar-refractivity contribution is 5.79. The first kappa shape index (κ1) is 19.4. The molecule has 0 saturated carbocycles. The zero-order valence-corrected chi connectivity index (χ0v) is 16.5. The van der Waals surface area contributed by atoms with Crippen LogP contribution in [0.1, 0.15) is 16.7 Å². The Balaban J connectivity index is 1.53. The quantitative estimate of drug-likeness (QED) is 0.488. The van der Waals surface area contributed by atoms with E-state index in [0.29, 0.717) is 6.54 Å². The van der Waals surface area contributed by atoms with Crippen LogP contribution in [-0.2, 0) is 13.0 Å². The Morgan fingerprint density at radius 3 is 2.82 bits per heavy atom. The van der Waals surface area contributed by atoms with Gasteiger partial charge in [0, 0.05) is 38.7 Å². The molecule has 3 aromatic rings. The van der Waals surface area contributed by atoms with E-state index in [1.165, 1.54) is 11.1 Å². The first-order chi connectivity index (χ1) is 13.7. The summed E-state index contributed by atoms with van der Waals surface area (Å²) >= 11 is 0. The normalized spacial score (nSPS) is 11.3. The van der Waals surface area contributed by atoms with Gasteiger partial charge in [-0.1, -0.05) is 17.7 Å². The summed E-state index contributed by atoms with van der Waals surface area (Å²) in [6.07, 6.45) is 8.00. The molecule has 0 bridgehead atoms. The summed E-state index contributed by atoms with van der Waals surface area (Å²) in [5.74, 6) is 2.51. The molecule has 7 nitrogen and oxygen atoms in total. The number of pyridine rings is 1. The second-order valence-electron chi connectivity index (χ2n) is 6.41. The number of aliphatic imine (C=N–C) groups is 1. The van der Waals surface area contributed by atoms with Crippen molar-refractivity contribution in [2.24, 2.45) is 4.99 Å². The van der Waals surface area contributed by atoms with Gasteiger partial charge in [0.2, 0.25) is 0 Å². The largest absolute Gasteiger partial charge is 0.496 e. The standard InChI is InChI=1S/C21H26N6O/c1-16-4-5-19(28-3)18(12-16)7-9-25-21(22-2)26-14-17-6-8-24-20(13-17)27-11-10-23-15-27/h4-6,8,10-13,15H,7,9,14H2,1-3H3,(H2,22,25,26). The highest BCUT2D eigenvalue weighted by Gasteiger charge is 2.05. The van der Waals surface area contributed by atoms with Gasteiger partial charge in [0.05, 0.1) is 7.11 Å². The molecule has 0 aliphatic heterocycles. The molecule has 0 amide bonds. The Hall–Kier alpha value is -3.35. The van der Waals surface area contributed by atoms with Crippen molar-refractivity contribution < 1.29 is 4.74 Å². The number of methoxy groups -OCH3 is 1. The van der Waals surface area contributed by atoms with Gasteiger partial charge in [-0.2, -0.15) is 0 Å². The molecular weight excluding hydrogens is 352 g/mol. The highest BCUT2D eigenvalue weighted by Crippen LogP contribution is 2.19. The van der Waals surface area contributed by atoms with Crippen LogP contribution in [-0.4, -0.2) is 41.2 Å². The smallest absolute Gasteiger partial charge is 0.191 e. The minimum atomic E-state index is 0.650. The molecule has 0 spiro atoms. The molecular formula is C21H26N6O. The lowest BCUT2D eigenvalue weighted by Crippen LogP contribution is -2.37. The first-order valence-electron chi connectivity index (χ1n) is 9.21. The fourth-order valence-electron chi connectivity index (χ4n) is 2.93. The molecule has 7 heteroatoms. The first-order valence-corrected chi connectivity index (χ1v) is 9.21. The lowest BCUT2D eigenvalue weighted by molar-refractivity contribution is 0.409. The van der Waals surface area contributed by atoms with Crippen LogP contribution in [0.5, 0.6) is 5.75 Å². The van der Waals surface area contributed by atoms with Crippen molar-refractivity contribution in [3.05, 3.63) is 71.9 Å². The van der Waals surface area contributed by atoms with Gasteiger partial charge in [0.1, 0.15) is 17.9 Å². The highest BCUT2D eigenvalue weighted by atomic mass is 16.5. The summed E-state index contributed by atoms with van der Waals surface area (Å²) in [6.45, 7) is 3.50. The van der Waals surface area contributed by atoms with Gasteiger partial charge in [0.15, 0.2) is 5.96 Å². The van der Waals surface area contributed by atoms with Gasteiger partial charge in [-0.25, -0.2) is 9.97 Å². The molecule has 0 fully saturated rings. The van der Waals surface area contributed by atoms with Gasteiger partial charge in [-0.3, -0.25) is 9.56 Å². The molecule has 1 aromatic carbocycles. The third-order valence-corrected chi connectivity index (χ3v) is 4.39. The number of ether oxygens (including phenoxy) is 1. The molecule has 0 aliphatic carbocycles. The second kappa shape index (κ2) is 9.55. The summed E-state index contributed by atoms with van der Waals surface area (Å²) in [5.41, 5.74) is 3.52. The molecule has 2 aromatic heterocycles. The minimum Gasteiger partial charge on any atom is -0.496 e. The molecule has 28 heavy (non-hydrogen) atoms. The van der Waals surface area contributed by atoms with Crippen LogP contribution in [0.25, 0.3) is 5.82 Å². The van der Waals surface area contributed by atoms with Gasteiger partial charge >= 0.3 is 0 Å². The predicted molar refractivity (Wildman–Crippen MR) is 111 cm³/mol. The zero-order chi connectivity index (χ0) is 19.8. The van der Waals surface area contributed by atoms with Crippen molar-refractivity contribution in [3.8, 4) is 11.6 Å². The number of nitrogens with zero attached hydrogens (tertiary/aromatic N) is 4. The van der Waals surface area contributed by atoms with Gasteiger partial charge in [-0.15, -0.1) is 0 Å². The van der Waals surface area contributed by atoms with Crippen molar-refractivity contribution in [3.63, 3.8) is 0 Å². The third-order valence-electron chi connectivity index (χ3n) is 4.39. The van der Waals surface area contributed by atoms with E-state index in [4.69, 9.17) is 4.74 Å². The van der Waals surface area contributed by atoms with Crippen molar-refractivity contribution in [1.82, 2.24) is 25.2 Å². The number of benzene rings is 1. The number of imidazole rings is 1. The van der Waals surface area contributed by atoms with Crippen LogP contribution in [0, 0.1) is 6.92 Å². The Morgan fingerprint density at radius 1 is 1.18 bits per heavy atom. The van der Waals surface area contributed by atoms with E-state index in [-0.39, 0.29) is 0 Å². The molecule has 2 heterocycles. The maximum Gasteiger partial charge on any atom is 0.191 e. The van der Waals surface area contributed by atoms with Crippen molar-refractivity contribution in [1.29, 1.82) is 0 Å². The van der Waals surface area contributed by atoms with Crippen molar-refractivity contribution >= 4 is 5.96 Å². The SMILES string of the molecule is CN=C(NCCc1cc(C)ccc1OC)NCc1ccnc(-n2ccnc2)c1. The third kappa shape index (κ3) is 5.09. The Labute approximate surface area is 165 Å². The van der Waals surface area contributed by atoms with E-state index in [9.17, 15) is 0 Å². The van der Waals surface area contributed by atoms with E-state index >= 15 is 0 Å². The molecule has 3 rings (SSSR count). The van der Waals surface area contributed by atoms with Crippen LogP contribution in [0.15, 0.2) is 60.2 Å². The summed E-state index contributed by atoms with van der Waals surface area (Å²) in [7, 11) is 3.47. The molecule has 146 valence electrons. The van der Waals surface area contributed by atoms with Gasteiger partial charge < -0.3 is 15.4 Å². The summed E-state index contributed by atoms with van der Waals surface area (Å²) in [6, 6.07) is 10.2. The van der Waals surface area contributed by atoms with Crippen LogP contribution < -0.4 is 15.4 Å². The molecule has 2 N–H and O–H groups in total. The predicted octanol–water partition coefficient (Wildman–Crippen LogP) is 2.49. The van der Waals surface area contributed by atoms with E-state index < -0.39 is 0 Å². The Morgan fingerprint density at radius 2 is 2.07 bits per heavy atom. The average molecular weight is 378 g/mol. The number of aromatic nitrogens is 3. The van der Waals surface area contributed by atoms with Crippen molar-refractivity contribution in [2.75, 3.05) is 20.7 Å². The van der Waals surface area contributed by atoms with E-state index in [1.54, 1.807) is 32.9 Å². The monoisotopic (exact) mass is 378 g/mol. The van der Waals surface area contributed by atoms with E-state index in [1.807, 2.05) is 29.0 Å². The Kier molecular flexibility index (Phi) is 6.62. The number of aryl methyl sites for hydroxylation is 1. The number of hydrogen-bond acceptors (Lipinski definition) is 4. The van der Waals surface area contributed by atoms with Gasteiger partial charge in [0.25, 0.3) is 0 Å². The zero-order valence-electron chi connectivity index (χ0n) is 16.5. The fraction of sp³-hybridized carbons (Fsp3) is 0.286. The molecule has 0 radical (unpaired) electrons. The maximum absolute atomic E-state index is 5.45. The average Bonchev–Trinajstić information content (AvgIpc) is 3.26. The van der Waals surface area contributed by atoms with Crippen LogP contribution in [0.3, 0.4) is 0 Å². The number of guanidine groups is 1. The molecule has 0 atom stereocenters. The molecule has 0 saturated heterocycles. The fourth-order valence-corrected chi connectivity index (χ4v) is 2.93. The van der Waals surface area contributed by atoms with Crippen LogP contribution in [0.4, 0.5) is 0 Å². The summed E-state index contributed by atoms with van der Waals surface area (Å²) in [4.78, 5) is 12.7. The number of nitrogens with one attached hydrogen (secondary N) is 2. The number of rotatable bonds is 7. The van der Waals surface area contributed by atoms with Crippen LogP contribution in [0.2, 0.25) is 0 Å². The molecule has 0 unspecified atom stereocenters. The summed E-state index contributed by atoms with van der Waals surface area (Å²) < 4.78 is 7.33. The number of hydrogen-bond donors (Lipinski definition) is 2. The topological polar surface area (TPSA) is 76.4 Å². The molecule has 0 aliphatic rings. The summed E-state index contributed by atoms with van der Waals surface area (Å²) in [5, 5.41) is 6.69. The second-order valence-corrected chi connectivity index (χ2v) is 6.41. The Bertz CT molecular complexity index is 920. The lowest BCUT2D eigenvalue weighted by Gasteiger charge is -2.14. The van der Waals surface area contributed by atoms with Gasteiger partial charge in [-0.05, 0) is 42.7 Å². The minimum absolute atomic E-state index is 0.650. The maximum atomic E-state index is 5.45. The van der Waals surface area contributed by atoms with E-state index in [2.05, 4.69) is 44.7 Å². The van der Waals surface area contributed by atoms with Crippen molar-refractivity contribution in [2.45, 2.75) is 19.9 Å². The van der Waals surface area contributed by atoms with E-state index in [0.717, 1.165) is 36.1 Å². The lowest BCUT2D eigenvalue weighted by atomic mass is 10.1.